The van der Waals surface area contributed by atoms with Gasteiger partial charge in [0.05, 0.1) is 24.7 Å². The summed E-state index contributed by atoms with van der Waals surface area (Å²) in [6.07, 6.45) is 0. The van der Waals surface area contributed by atoms with Crippen LogP contribution in [0.4, 0.5) is 0 Å². The van der Waals surface area contributed by atoms with E-state index in [1.165, 1.54) is 0 Å². The lowest BCUT2D eigenvalue weighted by Crippen LogP contribution is -2.35. The first kappa shape index (κ1) is 17.4. The third-order valence-electron chi connectivity index (χ3n) is 3.54. The van der Waals surface area contributed by atoms with E-state index in [1.807, 2.05) is 18.2 Å². The number of esters is 2. The van der Waals surface area contributed by atoms with Gasteiger partial charge in [-0.2, -0.15) is 0 Å². The van der Waals surface area contributed by atoms with Gasteiger partial charge >= 0.3 is 11.9 Å². The van der Waals surface area contributed by atoms with E-state index in [2.05, 4.69) is 4.90 Å². The zero-order valence-corrected chi connectivity index (χ0v) is 13.6. The normalized spacial score (nSPS) is 15.4. The molecule has 1 fully saturated rings. The second-order valence-corrected chi connectivity index (χ2v) is 5.76. The van der Waals surface area contributed by atoms with Gasteiger partial charge in [0.15, 0.2) is 0 Å². The summed E-state index contributed by atoms with van der Waals surface area (Å²) in [5.41, 5.74) is 1.50. The van der Waals surface area contributed by atoms with Crippen molar-refractivity contribution in [1.29, 1.82) is 0 Å². The van der Waals surface area contributed by atoms with Crippen molar-refractivity contribution >= 4 is 11.9 Å². The molecule has 6 nitrogen and oxygen atoms in total. The average Bonchev–Trinajstić information content (AvgIpc) is 2.55. The number of ether oxygens (including phenoxy) is 3. The minimum absolute atomic E-state index is 0.245. The Bertz CT molecular complexity index is 538. The van der Waals surface area contributed by atoms with Gasteiger partial charge in [-0.15, -0.1) is 0 Å². The van der Waals surface area contributed by atoms with E-state index < -0.39 is 5.97 Å². The van der Waals surface area contributed by atoms with Crippen LogP contribution in [-0.4, -0.2) is 49.9 Å². The van der Waals surface area contributed by atoms with Gasteiger partial charge in [0.25, 0.3) is 0 Å². The fourth-order valence-corrected chi connectivity index (χ4v) is 2.21. The van der Waals surface area contributed by atoms with Gasteiger partial charge in [-0.3, -0.25) is 9.69 Å². The van der Waals surface area contributed by atoms with E-state index in [0.717, 1.165) is 38.4 Å². The van der Waals surface area contributed by atoms with Gasteiger partial charge in [0.2, 0.25) is 6.79 Å². The SMILES string of the molecule is CC(C)C(=O)OCOC(=O)c1cccc(CN2CCOCC2)c1. The van der Waals surface area contributed by atoms with Crippen LogP contribution >= 0.6 is 0 Å². The van der Waals surface area contributed by atoms with Crippen molar-refractivity contribution in [2.75, 3.05) is 33.1 Å². The molecule has 23 heavy (non-hydrogen) atoms. The molecule has 0 aromatic heterocycles. The molecular weight excluding hydrogens is 298 g/mol. The Morgan fingerprint density at radius 1 is 1.22 bits per heavy atom. The van der Waals surface area contributed by atoms with Gasteiger partial charge < -0.3 is 14.2 Å². The van der Waals surface area contributed by atoms with E-state index in [9.17, 15) is 9.59 Å². The Hall–Kier alpha value is -1.92. The van der Waals surface area contributed by atoms with Crippen LogP contribution in [-0.2, 0) is 25.5 Å². The number of carbonyl (C=O) groups is 2. The topological polar surface area (TPSA) is 65.1 Å². The number of hydrogen-bond acceptors (Lipinski definition) is 6. The van der Waals surface area contributed by atoms with Crippen molar-refractivity contribution in [2.45, 2.75) is 20.4 Å². The first-order chi connectivity index (χ1) is 11.1. The van der Waals surface area contributed by atoms with Crippen LogP contribution in [0.2, 0.25) is 0 Å². The molecule has 2 rings (SSSR count). The molecule has 0 bridgehead atoms. The molecular formula is C17H23NO5. The molecule has 1 aliphatic heterocycles. The van der Waals surface area contributed by atoms with Crippen LogP contribution in [0.15, 0.2) is 24.3 Å². The predicted molar refractivity (Wildman–Crippen MR) is 83.8 cm³/mol. The van der Waals surface area contributed by atoms with E-state index in [4.69, 9.17) is 14.2 Å². The second kappa shape index (κ2) is 8.64. The van der Waals surface area contributed by atoms with Gasteiger partial charge in [0, 0.05) is 19.6 Å². The highest BCUT2D eigenvalue weighted by molar-refractivity contribution is 5.89. The Balaban J connectivity index is 1.85. The zero-order chi connectivity index (χ0) is 16.7. The van der Waals surface area contributed by atoms with Crippen LogP contribution in [0.5, 0.6) is 0 Å². The minimum atomic E-state index is -0.495. The van der Waals surface area contributed by atoms with Gasteiger partial charge in [-0.05, 0) is 17.7 Å². The molecule has 0 unspecified atom stereocenters. The van der Waals surface area contributed by atoms with E-state index in [0.29, 0.717) is 5.56 Å². The van der Waals surface area contributed by atoms with Gasteiger partial charge in [-0.25, -0.2) is 4.79 Å². The Labute approximate surface area is 136 Å². The monoisotopic (exact) mass is 321 g/mol. The van der Waals surface area contributed by atoms with Crippen LogP contribution in [0, 0.1) is 5.92 Å². The van der Waals surface area contributed by atoms with Crippen molar-refractivity contribution in [2.24, 2.45) is 5.92 Å². The summed E-state index contributed by atoms with van der Waals surface area (Å²) in [6, 6.07) is 7.30. The largest absolute Gasteiger partial charge is 0.428 e. The standard InChI is InChI=1S/C17H23NO5/c1-13(2)16(19)22-12-23-17(20)15-5-3-4-14(10-15)11-18-6-8-21-9-7-18/h3-5,10,13H,6-9,11-12H2,1-2H3. The van der Waals surface area contributed by atoms with Crippen LogP contribution < -0.4 is 0 Å². The van der Waals surface area contributed by atoms with Crippen molar-refractivity contribution < 1.29 is 23.8 Å². The Morgan fingerprint density at radius 2 is 1.96 bits per heavy atom. The maximum absolute atomic E-state index is 12.0. The van der Waals surface area contributed by atoms with E-state index in [1.54, 1.807) is 19.9 Å². The number of hydrogen-bond donors (Lipinski definition) is 0. The van der Waals surface area contributed by atoms with E-state index >= 15 is 0 Å². The van der Waals surface area contributed by atoms with Crippen molar-refractivity contribution in [1.82, 2.24) is 4.90 Å². The third-order valence-corrected chi connectivity index (χ3v) is 3.54. The summed E-state index contributed by atoms with van der Waals surface area (Å²) in [6.45, 7) is 7.11. The molecule has 0 N–H and O–H groups in total. The maximum Gasteiger partial charge on any atom is 0.341 e. The number of rotatable bonds is 6. The molecule has 1 aliphatic rings. The zero-order valence-electron chi connectivity index (χ0n) is 13.6. The molecule has 1 aromatic carbocycles. The second-order valence-electron chi connectivity index (χ2n) is 5.76. The Kier molecular flexibility index (Phi) is 6.55. The summed E-state index contributed by atoms with van der Waals surface area (Å²) in [7, 11) is 0. The lowest BCUT2D eigenvalue weighted by Gasteiger charge is -2.26. The molecule has 1 saturated heterocycles. The van der Waals surface area contributed by atoms with Gasteiger partial charge in [-0.1, -0.05) is 26.0 Å². The number of nitrogens with zero attached hydrogens (tertiary/aromatic N) is 1. The fraction of sp³-hybridized carbons (Fsp3) is 0.529. The smallest absolute Gasteiger partial charge is 0.341 e. The minimum Gasteiger partial charge on any atom is -0.428 e. The summed E-state index contributed by atoms with van der Waals surface area (Å²) in [5.74, 6) is -1.13. The number of morpholine rings is 1. The maximum atomic E-state index is 12.0. The highest BCUT2D eigenvalue weighted by Gasteiger charge is 2.14. The first-order valence-electron chi connectivity index (χ1n) is 7.79. The lowest BCUT2D eigenvalue weighted by atomic mass is 10.1. The summed E-state index contributed by atoms with van der Waals surface area (Å²) in [4.78, 5) is 25.6. The molecule has 0 atom stereocenters. The molecule has 0 saturated carbocycles. The molecule has 126 valence electrons. The molecule has 0 spiro atoms. The summed E-state index contributed by atoms with van der Waals surface area (Å²) < 4.78 is 15.1. The van der Waals surface area contributed by atoms with E-state index in [-0.39, 0.29) is 18.7 Å². The van der Waals surface area contributed by atoms with Crippen LogP contribution in [0.3, 0.4) is 0 Å². The van der Waals surface area contributed by atoms with Crippen molar-refractivity contribution in [3.05, 3.63) is 35.4 Å². The molecule has 0 amide bonds. The van der Waals surface area contributed by atoms with Gasteiger partial charge in [0.1, 0.15) is 0 Å². The number of carbonyl (C=O) groups excluding carboxylic acids is 2. The van der Waals surface area contributed by atoms with Crippen molar-refractivity contribution in [3.63, 3.8) is 0 Å². The Morgan fingerprint density at radius 3 is 2.65 bits per heavy atom. The summed E-state index contributed by atoms with van der Waals surface area (Å²) in [5, 5.41) is 0. The van der Waals surface area contributed by atoms with Crippen LogP contribution in [0.1, 0.15) is 29.8 Å². The molecule has 6 heteroatoms. The molecule has 0 radical (unpaired) electrons. The molecule has 1 aromatic rings. The van der Waals surface area contributed by atoms with Crippen LogP contribution in [0.25, 0.3) is 0 Å². The fourth-order valence-electron chi connectivity index (χ4n) is 2.21. The summed E-state index contributed by atoms with van der Waals surface area (Å²) >= 11 is 0. The quantitative estimate of drug-likeness (QED) is 0.588. The lowest BCUT2D eigenvalue weighted by molar-refractivity contribution is -0.155. The molecule has 0 aliphatic carbocycles. The first-order valence-corrected chi connectivity index (χ1v) is 7.79. The van der Waals surface area contributed by atoms with Crippen molar-refractivity contribution in [3.8, 4) is 0 Å². The average molecular weight is 321 g/mol. The highest BCUT2D eigenvalue weighted by atomic mass is 16.7. The highest BCUT2D eigenvalue weighted by Crippen LogP contribution is 2.11. The molecule has 1 heterocycles. The number of benzene rings is 1. The third kappa shape index (κ3) is 5.65. The predicted octanol–water partition coefficient (Wildman–Crippen LogP) is 1.83.